The molecular formula is C17H17Cl3N2O3S. The van der Waals surface area contributed by atoms with Gasteiger partial charge < -0.3 is 5.32 Å². The predicted octanol–water partition coefficient (Wildman–Crippen LogP) is 4.83. The largest absolute Gasteiger partial charge is 0.324 e. The maximum atomic E-state index is 12.7. The van der Waals surface area contributed by atoms with Crippen molar-refractivity contribution in [3.63, 3.8) is 0 Å². The minimum atomic E-state index is -3.76. The standard InChI is InChI=1S/C17H17Cl3N2O3S/c1-3-16(17(23)21-12-6-4-5-11(18)9-12)22(26(2,24)25)13-7-8-14(19)15(20)10-13/h4-10,16H,3H2,1-2H3,(H,21,23)/t16-/m0/s1. The summed E-state index contributed by atoms with van der Waals surface area (Å²) in [4.78, 5) is 12.7. The van der Waals surface area contributed by atoms with Crippen LogP contribution in [0, 0.1) is 0 Å². The average molecular weight is 436 g/mol. The van der Waals surface area contributed by atoms with Gasteiger partial charge in [-0.25, -0.2) is 8.42 Å². The summed E-state index contributed by atoms with van der Waals surface area (Å²) in [5.74, 6) is -0.480. The lowest BCUT2D eigenvalue weighted by Crippen LogP contribution is -2.47. The molecule has 0 heterocycles. The topological polar surface area (TPSA) is 66.5 Å². The second-order valence-electron chi connectivity index (χ2n) is 5.58. The number of benzene rings is 2. The Morgan fingerprint density at radius 1 is 1.12 bits per heavy atom. The van der Waals surface area contributed by atoms with Crippen molar-refractivity contribution in [3.05, 3.63) is 57.5 Å². The van der Waals surface area contributed by atoms with Gasteiger partial charge in [-0.2, -0.15) is 0 Å². The third-order valence-corrected chi connectivity index (χ3v) is 5.73. The van der Waals surface area contributed by atoms with Crippen molar-refractivity contribution in [1.82, 2.24) is 0 Å². The number of halogens is 3. The Hall–Kier alpha value is -1.47. The molecule has 0 bridgehead atoms. The van der Waals surface area contributed by atoms with Crippen LogP contribution >= 0.6 is 34.8 Å². The van der Waals surface area contributed by atoms with E-state index < -0.39 is 22.0 Å². The molecule has 2 rings (SSSR count). The van der Waals surface area contributed by atoms with Gasteiger partial charge in [0.05, 0.1) is 22.0 Å². The SMILES string of the molecule is CC[C@@H](C(=O)Nc1cccc(Cl)c1)N(c1ccc(Cl)c(Cl)c1)S(C)(=O)=O. The van der Waals surface area contributed by atoms with Gasteiger partial charge in [-0.3, -0.25) is 9.10 Å². The van der Waals surface area contributed by atoms with Gasteiger partial charge in [0, 0.05) is 10.7 Å². The molecule has 2 aromatic carbocycles. The first-order valence-corrected chi connectivity index (χ1v) is 10.6. The number of hydrogen-bond donors (Lipinski definition) is 1. The highest BCUT2D eigenvalue weighted by atomic mass is 35.5. The van der Waals surface area contributed by atoms with Crippen LogP contribution in [0.15, 0.2) is 42.5 Å². The zero-order valence-electron chi connectivity index (χ0n) is 14.0. The van der Waals surface area contributed by atoms with E-state index in [0.29, 0.717) is 15.7 Å². The highest BCUT2D eigenvalue weighted by Gasteiger charge is 2.31. The fourth-order valence-electron chi connectivity index (χ4n) is 2.47. The van der Waals surface area contributed by atoms with Gasteiger partial charge in [0.1, 0.15) is 6.04 Å². The first-order chi connectivity index (χ1) is 12.1. The summed E-state index contributed by atoms with van der Waals surface area (Å²) in [7, 11) is -3.76. The van der Waals surface area contributed by atoms with Crippen LogP contribution in [-0.4, -0.2) is 26.6 Å². The number of carbonyl (C=O) groups is 1. The number of nitrogens with zero attached hydrogens (tertiary/aromatic N) is 1. The van der Waals surface area contributed by atoms with Crippen LogP contribution in [0.3, 0.4) is 0 Å². The Balaban J connectivity index is 2.40. The molecule has 1 amide bonds. The Labute approximate surface area is 167 Å². The van der Waals surface area contributed by atoms with E-state index in [1.165, 1.54) is 18.2 Å². The maximum absolute atomic E-state index is 12.7. The summed E-state index contributed by atoms with van der Waals surface area (Å²) < 4.78 is 25.8. The van der Waals surface area contributed by atoms with Crippen molar-refractivity contribution in [2.75, 3.05) is 15.9 Å². The van der Waals surface area contributed by atoms with Crippen molar-refractivity contribution in [3.8, 4) is 0 Å². The lowest BCUT2D eigenvalue weighted by atomic mass is 10.2. The molecular weight excluding hydrogens is 419 g/mol. The number of hydrogen-bond acceptors (Lipinski definition) is 3. The van der Waals surface area contributed by atoms with Crippen LogP contribution in [0.2, 0.25) is 15.1 Å². The minimum absolute atomic E-state index is 0.197. The normalized spacial score (nSPS) is 12.5. The van der Waals surface area contributed by atoms with E-state index in [1.54, 1.807) is 31.2 Å². The fraction of sp³-hybridized carbons (Fsp3) is 0.235. The van der Waals surface area contributed by atoms with Crippen molar-refractivity contribution >= 4 is 62.1 Å². The van der Waals surface area contributed by atoms with E-state index >= 15 is 0 Å². The second kappa shape index (κ2) is 8.48. The average Bonchev–Trinajstić information content (AvgIpc) is 2.54. The third-order valence-electron chi connectivity index (χ3n) is 3.58. The number of carbonyl (C=O) groups excluding carboxylic acids is 1. The Morgan fingerprint density at radius 3 is 2.35 bits per heavy atom. The van der Waals surface area contributed by atoms with E-state index in [2.05, 4.69) is 5.32 Å². The van der Waals surface area contributed by atoms with Gasteiger partial charge in [-0.15, -0.1) is 0 Å². The van der Waals surface area contributed by atoms with Gasteiger partial charge in [0.15, 0.2) is 0 Å². The summed E-state index contributed by atoms with van der Waals surface area (Å²) in [6.07, 6.45) is 1.28. The molecule has 26 heavy (non-hydrogen) atoms. The molecule has 0 aromatic heterocycles. The summed E-state index contributed by atoms with van der Waals surface area (Å²) >= 11 is 17.8. The van der Waals surface area contributed by atoms with E-state index in [4.69, 9.17) is 34.8 Å². The van der Waals surface area contributed by atoms with Gasteiger partial charge >= 0.3 is 0 Å². The molecule has 0 spiro atoms. The molecule has 0 unspecified atom stereocenters. The summed E-state index contributed by atoms with van der Waals surface area (Å²) in [6, 6.07) is 10.0. The smallest absolute Gasteiger partial charge is 0.248 e. The summed E-state index contributed by atoms with van der Waals surface area (Å²) in [6.45, 7) is 1.72. The molecule has 1 N–H and O–H groups in total. The number of rotatable bonds is 6. The Morgan fingerprint density at radius 2 is 1.81 bits per heavy atom. The van der Waals surface area contributed by atoms with Crippen molar-refractivity contribution in [1.29, 1.82) is 0 Å². The van der Waals surface area contributed by atoms with Crippen LogP contribution in [-0.2, 0) is 14.8 Å². The number of anilines is 2. The maximum Gasteiger partial charge on any atom is 0.248 e. The zero-order valence-corrected chi connectivity index (χ0v) is 17.1. The molecule has 1 atom stereocenters. The first kappa shape index (κ1) is 20.8. The number of sulfonamides is 1. The molecule has 0 saturated heterocycles. The second-order valence-corrected chi connectivity index (χ2v) is 8.69. The first-order valence-electron chi connectivity index (χ1n) is 7.64. The van der Waals surface area contributed by atoms with Crippen LogP contribution < -0.4 is 9.62 Å². The molecule has 2 aromatic rings. The molecule has 0 aliphatic rings. The number of amides is 1. The molecule has 5 nitrogen and oxygen atoms in total. The lowest BCUT2D eigenvalue weighted by molar-refractivity contribution is -0.117. The van der Waals surface area contributed by atoms with Gasteiger partial charge in [0.25, 0.3) is 0 Å². The highest BCUT2D eigenvalue weighted by Crippen LogP contribution is 2.30. The van der Waals surface area contributed by atoms with Crippen molar-refractivity contribution < 1.29 is 13.2 Å². The number of nitrogens with one attached hydrogen (secondary N) is 1. The van der Waals surface area contributed by atoms with Crippen molar-refractivity contribution in [2.24, 2.45) is 0 Å². The molecule has 0 fully saturated rings. The summed E-state index contributed by atoms with van der Waals surface area (Å²) in [5, 5.41) is 3.64. The Bertz CT molecular complexity index is 919. The monoisotopic (exact) mass is 434 g/mol. The van der Waals surface area contributed by atoms with E-state index in [0.717, 1.165) is 10.6 Å². The van der Waals surface area contributed by atoms with E-state index in [1.807, 2.05) is 0 Å². The van der Waals surface area contributed by atoms with Gasteiger partial charge in [-0.1, -0.05) is 47.8 Å². The molecule has 0 aliphatic heterocycles. The third kappa shape index (κ3) is 5.04. The quantitative estimate of drug-likeness (QED) is 0.706. The lowest BCUT2D eigenvalue weighted by Gasteiger charge is -2.30. The van der Waals surface area contributed by atoms with E-state index in [-0.39, 0.29) is 17.1 Å². The highest BCUT2D eigenvalue weighted by molar-refractivity contribution is 7.92. The van der Waals surface area contributed by atoms with Crippen molar-refractivity contribution in [2.45, 2.75) is 19.4 Å². The zero-order chi connectivity index (χ0) is 19.5. The van der Waals surface area contributed by atoms with Crippen LogP contribution in [0.4, 0.5) is 11.4 Å². The predicted molar refractivity (Wildman–Crippen MR) is 108 cm³/mol. The fourth-order valence-corrected chi connectivity index (χ4v) is 4.16. The van der Waals surface area contributed by atoms with Crippen LogP contribution in [0.5, 0.6) is 0 Å². The molecule has 9 heteroatoms. The molecule has 0 saturated carbocycles. The van der Waals surface area contributed by atoms with Crippen LogP contribution in [0.1, 0.15) is 13.3 Å². The molecule has 140 valence electrons. The van der Waals surface area contributed by atoms with E-state index in [9.17, 15) is 13.2 Å². The van der Waals surface area contributed by atoms with Gasteiger partial charge in [0.2, 0.25) is 15.9 Å². The summed E-state index contributed by atoms with van der Waals surface area (Å²) in [5.41, 5.74) is 0.735. The molecule has 0 aliphatic carbocycles. The molecule has 0 radical (unpaired) electrons. The Kier molecular flexibility index (Phi) is 6.80. The minimum Gasteiger partial charge on any atom is -0.324 e. The van der Waals surface area contributed by atoms with Gasteiger partial charge in [-0.05, 0) is 42.8 Å². The van der Waals surface area contributed by atoms with Crippen LogP contribution in [0.25, 0.3) is 0 Å².